The molecule has 1 unspecified atom stereocenters. The second-order valence-electron chi connectivity index (χ2n) is 4.36. The van der Waals surface area contributed by atoms with Crippen LogP contribution in [0.3, 0.4) is 0 Å². The molecular formula is C12H19N5O2. The lowest BCUT2D eigenvalue weighted by Gasteiger charge is -2.32. The van der Waals surface area contributed by atoms with Crippen LogP contribution in [0.5, 0.6) is 0 Å². The Morgan fingerprint density at radius 2 is 2.32 bits per heavy atom. The van der Waals surface area contributed by atoms with Crippen LogP contribution in [0, 0.1) is 0 Å². The number of nitrogens with zero attached hydrogens (tertiary/aromatic N) is 3. The molecule has 0 aliphatic carbocycles. The predicted octanol–water partition coefficient (Wildman–Crippen LogP) is -0.149. The Bertz CT molecular complexity index is 421. The maximum absolute atomic E-state index is 8.76. The van der Waals surface area contributed by atoms with Crippen LogP contribution in [-0.4, -0.2) is 54.6 Å². The topological polar surface area (TPSA) is 82.5 Å². The number of anilines is 1. The van der Waals surface area contributed by atoms with E-state index in [0.29, 0.717) is 23.8 Å². The van der Waals surface area contributed by atoms with Crippen molar-refractivity contribution in [3.8, 4) is 0 Å². The zero-order chi connectivity index (χ0) is 13.7. The number of morpholine rings is 1. The third kappa shape index (κ3) is 3.40. The van der Waals surface area contributed by atoms with Gasteiger partial charge in [-0.15, -0.1) is 0 Å². The number of likely N-dealkylation sites (N-methyl/N-ethyl adjacent to an activating group) is 1. The molecule has 0 spiro atoms. The van der Waals surface area contributed by atoms with E-state index in [1.54, 1.807) is 12.4 Å². The SMILES string of the molecule is C=C(NO)c1cnc(N2CCOC(CNC)C2)nc1. The van der Waals surface area contributed by atoms with Gasteiger partial charge < -0.3 is 15.0 Å². The number of hydrogen-bond donors (Lipinski definition) is 3. The fraction of sp³-hybridized carbons (Fsp3) is 0.500. The van der Waals surface area contributed by atoms with Gasteiger partial charge in [0.05, 0.1) is 18.4 Å². The number of nitrogens with one attached hydrogen (secondary N) is 2. The molecule has 7 nitrogen and oxygen atoms in total. The summed E-state index contributed by atoms with van der Waals surface area (Å²) in [4.78, 5) is 10.7. The minimum Gasteiger partial charge on any atom is -0.373 e. The van der Waals surface area contributed by atoms with Crippen molar-refractivity contribution >= 4 is 11.6 Å². The van der Waals surface area contributed by atoms with E-state index in [1.165, 1.54) is 0 Å². The zero-order valence-electron chi connectivity index (χ0n) is 11.0. The van der Waals surface area contributed by atoms with Gasteiger partial charge in [-0.1, -0.05) is 6.58 Å². The van der Waals surface area contributed by atoms with E-state index in [9.17, 15) is 0 Å². The van der Waals surface area contributed by atoms with Gasteiger partial charge in [-0.3, -0.25) is 10.7 Å². The molecule has 19 heavy (non-hydrogen) atoms. The summed E-state index contributed by atoms with van der Waals surface area (Å²) in [6.07, 6.45) is 3.42. The minimum atomic E-state index is 0.149. The average molecular weight is 265 g/mol. The van der Waals surface area contributed by atoms with Gasteiger partial charge in [-0.25, -0.2) is 9.97 Å². The molecule has 3 N–H and O–H groups in total. The minimum absolute atomic E-state index is 0.149. The third-order valence-corrected chi connectivity index (χ3v) is 2.98. The van der Waals surface area contributed by atoms with Crippen molar-refractivity contribution in [3.05, 3.63) is 24.5 Å². The van der Waals surface area contributed by atoms with Crippen LogP contribution in [0.1, 0.15) is 5.56 Å². The van der Waals surface area contributed by atoms with Gasteiger partial charge >= 0.3 is 0 Å². The monoisotopic (exact) mass is 265 g/mol. The zero-order valence-corrected chi connectivity index (χ0v) is 11.0. The molecule has 0 amide bonds. The molecular weight excluding hydrogens is 246 g/mol. The average Bonchev–Trinajstić information content (AvgIpc) is 2.47. The molecule has 1 atom stereocenters. The summed E-state index contributed by atoms with van der Waals surface area (Å²) in [5, 5.41) is 11.9. The van der Waals surface area contributed by atoms with Gasteiger partial charge in [0.1, 0.15) is 0 Å². The molecule has 0 radical (unpaired) electrons. The van der Waals surface area contributed by atoms with Crippen molar-refractivity contribution in [1.29, 1.82) is 0 Å². The van der Waals surface area contributed by atoms with Gasteiger partial charge in [0, 0.05) is 37.6 Å². The van der Waals surface area contributed by atoms with Crippen molar-refractivity contribution in [2.75, 3.05) is 38.2 Å². The number of hydrogen-bond acceptors (Lipinski definition) is 7. The van der Waals surface area contributed by atoms with Crippen LogP contribution in [0.4, 0.5) is 5.95 Å². The number of rotatable bonds is 5. The highest BCUT2D eigenvalue weighted by atomic mass is 16.5. The molecule has 0 bridgehead atoms. The molecule has 104 valence electrons. The van der Waals surface area contributed by atoms with E-state index in [0.717, 1.165) is 19.6 Å². The molecule has 7 heteroatoms. The Balaban J connectivity index is 2.03. The number of hydroxylamine groups is 1. The Morgan fingerprint density at radius 3 is 2.95 bits per heavy atom. The van der Waals surface area contributed by atoms with Gasteiger partial charge in [0.15, 0.2) is 0 Å². The highest BCUT2D eigenvalue weighted by molar-refractivity contribution is 5.59. The predicted molar refractivity (Wildman–Crippen MR) is 71.9 cm³/mol. The van der Waals surface area contributed by atoms with E-state index >= 15 is 0 Å². The van der Waals surface area contributed by atoms with Crippen molar-refractivity contribution in [3.63, 3.8) is 0 Å². The molecule has 1 aromatic heterocycles. The van der Waals surface area contributed by atoms with Gasteiger partial charge in [-0.2, -0.15) is 0 Å². The van der Waals surface area contributed by atoms with E-state index in [-0.39, 0.29) is 6.10 Å². The summed E-state index contributed by atoms with van der Waals surface area (Å²) < 4.78 is 5.63. The highest BCUT2D eigenvalue weighted by Crippen LogP contribution is 2.14. The maximum Gasteiger partial charge on any atom is 0.225 e. The standard InChI is InChI=1S/C12H19N5O2/c1-9(16-18)10-5-14-12(15-6-10)17-3-4-19-11(8-17)7-13-2/h5-6,11,13,16,18H,1,3-4,7-8H2,2H3. The molecule has 1 aromatic rings. The van der Waals surface area contributed by atoms with Crippen LogP contribution in [-0.2, 0) is 4.74 Å². The summed E-state index contributed by atoms with van der Waals surface area (Å²) in [5.74, 6) is 0.666. The largest absolute Gasteiger partial charge is 0.373 e. The fourth-order valence-corrected chi connectivity index (χ4v) is 1.96. The van der Waals surface area contributed by atoms with Crippen LogP contribution in [0.25, 0.3) is 5.70 Å². The van der Waals surface area contributed by atoms with Crippen LogP contribution in [0.2, 0.25) is 0 Å². The summed E-state index contributed by atoms with van der Waals surface area (Å²) in [6.45, 7) is 6.65. The van der Waals surface area contributed by atoms with Gasteiger partial charge in [0.25, 0.3) is 0 Å². The summed E-state index contributed by atoms with van der Waals surface area (Å²) >= 11 is 0. The highest BCUT2D eigenvalue weighted by Gasteiger charge is 2.21. The molecule has 1 aliphatic rings. The lowest BCUT2D eigenvalue weighted by atomic mass is 10.2. The summed E-state index contributed by atoms with van der Waals surface area (Å²) in [5.41, 5.74) is 3.02. The van der Waals surface area contributed by atoms with Crippen molar-refractivity contribution in [1.82, 2.24) is 20.8 Å². The van der Waals surface area contributed by atoms with Crippen LogP contribution >= 0.6 is 0 Å². The van der Waals surface area contributed by atoms with E-state index in [4.69, 9.17) is 9.94 Å². The first-order valence-electron chi connectivity index (χ1n) is 6.17. The molecule has 2 heterocycles. The Morgan fingerprint density at radius 1 is 1.58 bits per heavy atom. The molecule has 2 rings (SSSR count). The second kappa shape index (κ2) is 6.46. The molecule has 0 aromatic carbocycles. The lowest BCUT2D eigenvalue weighted by Crippen LogP contribution is -2.46. The van der Waals surface area contributed by atoms with Crippen molar-refractivity contribution in [2.45, 2.75) is 6.10 Å². The first-order valence-corrected chi connectivity index (χ1v) is 6.17. The number of aromatic nitrogens is 2. The van der Waals surface area contributed by atoms with E-state index in [2.05, 4.69) is 26.8 Å². The Labute approximate surface area is 112 Å². The van der Waals surface area contributed by atoms with Crippen molar-refractivity contribution in [2.24, 2.45) is 0 Å². The van der Waals surface area contributed by atoms with E-state index < -0.39 is 0 Å². The van der Waals surface area contributed by atoms with Gasteiger partial charge in [-0.05, 0) is 7.05 Å². The molecule has 0 saturated carbocycles. The smallest absolute Gasteiger partial charge is 0.225 e. The Kier molecular flexibility index (Phi) is 4.67. The molecule has 1 aliphatic heterocycles. The normalized spacial score (nSPS) is 19.3. The summed E-state index contributed by atoms with van der Waals surface area (Å²) in [6, 6.07) is 0. The summed E-state index contributed by atoms with van der Waals surface area (Å²) in [7, 11) is 1.90. The quantitative estimate of drug-likeness (QED) is 0.639. The second-order valence-corrected chi connectivity index (χ2v) is 4.36. The van der Waals surface area contributed by atoms with Crippen LogP contribution < -0.4 is 15.7 Å². The third-order valence-electron chi connectivity index (χ3n) is 2.98. The molecule has 1 saturated heterocycles. The fourth-order valence-electron chi connectivity index (χ4n) is 1.96. The molecule has 1 fully saturated rings. The van der Waals surface area contributed by atoms with Crippen LogP contribution in [0.15, 0.2) is 19.0 Å². The Hall–Kier alpha value is -1.70. The van der Waals surface area contributed by atoms with Gasteiger partial charge in [0.2, 0.25) is 5.95 Å². The maximum atomic E-state index is 8.76. The lowest BCUT2D eigenvalue weighted by molar-refractivity contribution is 0.0416. The van der Waals surface area contributed by atoms with E-state index in [1.807, 2.05) is 12.5 Å². The first-order chi connectivity index (χ1) is 9.24. The number of ether oxygens (including phenoxy) is 1. The first kappa shape index (κ1) is 13.7. The van der Waals surface area contributed by atoms with Crippen molar-refractivity contribution < 1.29 is 9.94 Å².